The first-order chi connectivity index (χ1) is 5.37. The molecule has 0 bridgehead atoms. The Morgan fingerprint density at radius 2 is 2.00 bits per heavy atom. The second kappa shape index (κ2) is 4.75. The summed E-state index contributed by atoms with van der Waals surface area (Å²) in [5.41, 5.74) is -0.373. The van der Waals surface area contributed by atoms with E-state index in [1.807, 2.05) is 27.7 Å². The summed E-state index contributed by atoms with van der Waals surface area (Å²) in [7, 11) is 0. The van der Waals surface area contributed by atoms with Gasteiger partial charge >= 0.3 is 5.97 Å². The third-order valence-electron chi connectivity index (χ3n) is 1.37. The molecule has 0 rings (SSSR count). The molecule has 0 aliphatic carbocycles. The Kier molecular flexibility index (Phi) is 4.68. The molecular formula is C9H18O2S. The van der Waals surface area contributed by atoms with Crippen molar-refractivity contribution in [1.82, 2.24) is 0 Å². The number of esters is 1. The van der Waals surface area contributed by atoms with Gasteiger partial charge in [-0.05, 0) is 32.9 Å². The number of ether oxygens (including phenoxy) is 1. The molecule has 0 aliphatic rings. The smallest absolute Gasteiger partial charge is 0.309 e. The number of hydrogen-bond donors (Lipinski definition) is 1. The molecule has 0 radical (unpaired) electrons. The van der Waals surface area contributed by atoms with Crippen LogP contribution in [0.3, 0.4) is 0 Å². The van der Waals surface area contributed by atoms with Crippen molar-refractivity contribution in [1.29, 1.82) is 0 Å². The Morgan fingerprint density at radius 1 is 1.50 bits per heavy atom. The van der Waals surface area contributed by atoms with Crippen LogP contribution >= 0.6 is 12.6 Å². The van der Waals surface area contributed by atoms with Crippen molar-refractivity contribution in [2.75, 3.05) is 5.75 Å². The summed E-state index contributed by atoms with van der Waals surface area (Å²) < 4.78 is 5.18. The highest BCUT2D eigenvalue weighted by Gasteiger charge is 2.20. The minimum atomic E-state index is -0.373. The normalized spacial score (nSPS) is 14.1. The van der Waals surface area contributed by atoms with E-state index in [-0.39, 0.29) is 17.5 Å². The van der Waals surface area contributed by atoms with E-state index in [0.29, 0.717) is 0 Å². The monoisotopic (exact) mass is 190 g/mol. The van der Waals surface area contributed by atoms with Gasteiger partial charge in [0, 0.05) is 0 Å². The summed E-state index contributed by atoms with van der Waals surface area (Å²) in [5, 5.41) is 0. The maximum Gasteiger partial charge on any atom is 0.309 e. The molecule has 0 aliphatic heterocycles. The number of thiol groups is 1. The summed E-state index contributed by atoms with van der Waals surface area (Å²) in [6.45, 7) is 7.49. The van der Waals surface area contributed by atoms with Crippen LogP contribution in [-0.2, 0) is 9.53 Å². The zero-order valence-corrected chi connectivity index (χ0v) is 9.15. The van der Waals surface area contributed by atoms with E-state index in [1.54, 1.807) is 0 Å². The van der Waals surface area contributed by atoms with Gasteiger partial charge in [-0.1, -0.05) is 6.92 Å². The molecule has 2 nitrogen and oxygen atoms in total. The van der Waals surface area contributed by atoms with E-state index in [9.17, 15) is 4.79 Å². The molecule has 0 fully saturated rings. The fraction of sp³-hybridized carbons (Fsp3) is 0.889. The largest absolute Gasteiger partial charge is 0.460 e. The molecule has 1 unspecified atom stereocenters. The lowest BCUT2D eigenvalue weighted by Gasteiger charge is -2.21. The van der Waals surface area contributed by atoms with Crippen molar-refractivity contribution in [3.05, 3.63) is 0 Å². The third kappa shape index (κ3) is 5.47. The molecule has 0 aromatic heterocycles. The summed E-state index contributed by atoms with van der Waals surface area (Å²) in [6.07, 6.45) is 0.776. The van der Waals surface area contributed by atoms with Crippen LogP contribution in [0.4, 0.5) is 0 Å². The van der Waals surface area contributed by atoms with Crippen LogP contribution in [0.15, 0.2) is 0 Å². The van der Waals surface area contributed by atoms with Crippen LogP contribution in [-0.4, -0.2) is 17.3 Å². The molecule has 1 atom stereocenters. The minimum absolute atomic E-state index is 0.0401. The summed E-state index contributed by atoms with van der Waals surface area (Å²) in [5.74, 6) is 0.554. The van der Waals surface area contributed by atoms with E-state index >= 15 is 0 Å². The van der Waals surface area contributed by atoms with Gasteiger partial charge in [0.1, 0.15) is 5.60 Å². The summed E-state index contributed by atoms with van der Waals surface area (Å²) in [4.78, 5) is 11.3. The first-order valence-electron chi connectivity index (χ1n) is 4.20. The Hall–Kier alpha value is -0.180. The molecule has 0 saturated carbocycles. The van der Waals surface area contributed by atoms with Crippen molar-refractivity contribution in [3.8, 4) is 0 Å². The molecule has 0 heterocycles. The van der Waals surface area contributed by atoms with Gasteiger partial charge in [0.2, 0.25) is 0 Å². The number of rotatable bonds is 3. The number of carbonyl (C=O) groups is 1. The van der Waals surface area contributed by atoms with Crippen molar-refractivity contribution in [2.45, 2.75) is 39.7 Å². The average Bonchev–Trinajstić information content (AvgIpc) is 1.84. The topological polar surface area (TPSA) is 26.3 Å². The van der Waals surface area contributed by atoms with Gasteiger partial charge < -0.3 is 4.74 Å². The fourth-order valence-corrected chi connectivity index (χ4v) is 1.10. The maximum absolute atomic E-state index is 11.3. The molecule has 0 saturated heterocycles. The van der Waals surface area contributed by atoms with Gasteiger partial charge in [-0.2, -0.15) is 12.6 Å². The highest BCUT2D eigenvalue weighted by molar-refractivity contribution is 7.80. The second-order valence-electron chi connectivity index (χ2n) is 3.95. The van der Waals surface area contributed by atoms with Gasteiger partial charge in [-0.3, -0.25) is 4.79 Å². The molecule has 0 amide bonds. The SMILES string of the molecule is CC(CCS)C(=O)OC(C)(C)C. The van der Waals surface area contributed by atoms with E-state index < -0.39 is 0 Å². The molecule has 0 aromatic rings. The number of carbonyl (C=O) groups excluding carboxylic acids is 1. The standard InChI is InChI=1S/C9H18O2S/c1-7(5-6-12)8(10)11-9(2,3)4/h7,12H,5-6H2,1-4H3. The second-order valence-corrected chi connectivity index (χ2v) is 4.39. The molecule has 3 heteroatoms. The first-order valence-corrected chi connectivity index (χ1v) is 4.84. The maximum atomic E-state index is 11.3. The zero-order valence-electron chi connectivity index (χ0n) is 8.26. The van der Waals surface area contributed by atoms with E-state index in [2.05, 4.69) is 12.6 Å². The quantitative estimate of drug-likeness (QED) is 0.546. The van der Waals surface area contributed by atoms with E-state index in [4.69, 9.17) is 4.74 Å². The fourth-order valence-electron chi connectivity index (χ4n) is 0.714. The Balaban J connectivity index is 3.87. The van der Waals surface area contributed by atoms with Gasteiger partial charge in [-0.25, -0.2) is 0 Å². The molecule has 12 heavy (non-hydrogen) atoms. The van der Waals surface area contributed by atoms with Crippen LogP contribution in [0.25, 0.3) is 0 Å². The van der Waals surface area contributed by atoms with Gasteiger partial charge in [0.15, 0.2) is 0 Å². The third-order valence-corrected chi connectivity index (χ3v) is 1.63. The van der Waals surface area contributed by atoms with Gasteiger partial charge in [0.25, 0.3) is 0 Å². The molecule has 0 aromatic carbocycles. The van der Waals surface area contributed by atoms with Crippen LogP contribution in [0.5, 0.6) is 0 Å². The predicted octanol–water partition coefficient (Wildman–Crippen LogP) is 2.28. The zero-order chi connectivity index (χ0) is 9.78. The summed E-state index contributed by atoms with van der Waals surface area (Å²) in [6, 6.07) is 0. The Morgan fingerprint density at radius 3 is 2.33 bits per heavy atom. The van der Waals surface area contributed by atoms with Gasteiger partial charge in [-0.15, -0.1) is 0 Å². The van der Waals surface area contributed by atoms with Crippen LogP contribution in [0.1, 0.15) is 34.1 Å². The minimum Gasteiger partial charge on any atom is -0.460 e. The van der Waals surface area contributed by atoms with E-state index in [1.165, 1.54) is 0 Å². The number of hydrogen-bond acceptors (Lipinski definition) is 3. The lowest BCUT2D eigenvalue weighted by atomic mass is 10.1. The highest BCUT2D eigenvalue weighted by atomic mass is 32.1. The van der Waals surface area contributed by atoms with Gasteiger partial charge in [0.05, 0.1) is 5.92 Å². The summed E-state index contributed by atoms with van der Waals surface area (Å²) >= 11 is 4.06. The highest BCUT2D eigenvalue weighted by Crippen LogP contribution is 2.13. The van der Waals surface area contributed by atoms with Crippen LogP contribution in [0.2, 0.25) is 0 Å². The van der Waals surface area contributed by atoms with Crippen molar-refractivity contribution < 1.29 is 9.53 Å². The first kappa shape index (κ1) is 11.8. The van der Waals surface area contributed by atoms with Crippen molar-refractivity contribution >= 4 is 18.6 Å². The lowest BCUT2D eigenvalue weighted by molar-refractivity contribution is -0.159. The molecule has 0 spiro atoms. The molecular weight excluding hydrogens is 172 g/mol. The molecule has 0 N–H and O–H groups in total. The van der Waals surface area contributed by atoms with Crippen LogP contribution < -0.4 is 0 Å². The van der Waals surface area contributed by atoms with E-state index in [0.717, 1.165) is 12.2 Å². The van der Waals surface area contributed by atoms with Crippen molar-refractivity contribution in [2.24, 2.45) is 5.92 Å². The van der Waals surface area contributed by atoms with Crippen LogP contribution in [0, 0.1) is 5.92 Å². The predicted molar refractivity (Wildman–Crippen MR) is 53.5 cm³/mol. The molecule has 72 valence electrons. The Bertz CT molecular complexity index is 149. The average molecular weight is 190 g/mol. The van der Waals surface area contributed by atoms with Crippen molar-refractivity contribution in [3.63, 3.8) is 0 Å². The lowest BCUT2D eigenvalue weighted by Crippen LogP contribution is -2.27. The Labute approximate surface area is 80.1 Å².